The lowest BCUT2D eigenvalue weighted by Crippen LogP contribution is -2.29. The van der Waals surface area contributed by atoms with Gasteiger partial charge in [-0.1, -0.05) is 30.9 Å². The van der Waals surface area contributed by atoms with Crippen molar-refractivity contribution in [3.05, 3.63) is 23.4 Å². The van der Waals surface area contributed by atoms with Crippen molar-refractivity contribution in [2.45, 2.75) is 45.4 Å². The molecule has 0 spiro atoms. The van der Waals surface area contributed by atoms with E-state index >= 15 is 0 Å². The quantitative estimate of drug-likeness (QED) is 0.640. The summed E-state index contributed by atoms with van der Waals surface area (Å²) in [5.41, 5.74) is 3.11. The number of amides is 2. The summed E-state index contributed by atoms with van der Waals surface area (Å²) < 4.78 is 0. The maximum atomic E-state index is 12.0. The van der Waals surface area contributed by atoms with Crippen molar-refractivity contribution in [1.82, 2.24) is 10.4 Å². The third kappa shape index (κ3) is 5.98. The number of halogens is 1. The second kappa shape index (κ2) is 8.62. The third-order valence-corrected chi connectivity index (χ3v) is 3.97. The molecular weight excluding hydrogens is 316 g/mol. The van der Waals surface area contributed by atoms with Gasteiger partial charge in [0.25, 0.3) is 0 Å². The van der Waals surface area contributed by atoms with Crippen molar-refractivity contribution in [2.24, 2.45) is 11.0 Å². The molecule has 0 radical (unpaired) electrons. The molecule has 1 aromatic rings. The van der Waals surface area contributed by atoms with Gasteiger partial charge in [-0.25, -0.2) is 10.4 Å². The molecule has 0 bridgehead atoms. The van der Waals surface area contributed by atoms with E-state index in [2.05, 4.69) is 20.8 Å². The Labute approximate surface area is 140 Å². The maximum absolute atomic E-state index is 12.0. The molecule has 1 aliphatic carbocycles. The van der Waals surface area contributed by atoms with Crippen LogP contribution in [-0.2, 0) is 9.59 Å². The van der Waals surface area contributed by atoms with E-state index in [-0.39, 0.29) is 24.2 Å². The van der Waals surface area contributed by atoms with E-state index in [0.717, 1.165) is 25.7 Å². The van der Waals surface area contributed by atoms with Crippen LogP contribution in [0.3, 0.4) is 0 Å². The molecule has 1 saturated carbocycles. The maximum Gasteiger partial charge on any atom is 0.243 e. The highest BCUT2D eigenvalue weighted by Crippen LogP contribution is 2.23. The van der Waals surface area contributed by atoms with Gasteiger partial charge in [0.05, 0.1) is 11.4 Å². The molecule has 0 atom stereocenters. The standard InChI is InChI=1S/C16H21ClN4O2/c1-11(20-21-16(23)12-5-3-2-4-6-12)9-15(22)19-14-8-7-13(17)10-18-14/h7-8,10,12H,2-6,9H2,1H3,(H,21,23)(H,18,19,22)/b20-11+. The number of carbonyl (C=O) groups is 2. The lowest BCUT2D eigenvalue weighted by atomic mass is 9.89. The van der Waals surface area contributed by atoms with Crippen LogP contribution < -0.4 is 10.7 Å². The Hall–Kier alpha value is -1.95. The van der Waals surface area contributed by atoms with Crippen molar-refractivity contribution in [3.63, 3.8) is 0 Å². The van der Waals surface area contributed by atoms with Crippen LogP contribution in [-0.4, -0.2) is 22.5 Å². The largest absolute Gasteiger partial charge is 0.310 e. The van der Waals surface area contributed by atoms with E-state index in [9.17, 15) is 9.59 Å². The van der Waals surface area contributed by atoms with Gasteiger partial charge in [0.2, 0.25) is 11.8 Å². The fourth-order valence-electron chi connectivity index (χ4n) is 2.52. The van der Waals surface area contributed by atoms with Crippen LogP contribution in [0.4, 0.5) is 5.82 Å². The van der Waals surface area contributed by atoms with Gasteiger partial charge in [0.1, 0.15) is 5.82 Å². The predicted octanol–water partition coefficient (Wildman–Crippen LogP) is 3.14. The first-order chi connectivity index (χ1) is 11.0. The Morgan fingerprint density at radius 1 is 1.30 bits per heavy atom. The first-order valence-corrected chi connectivity index (χ1v) is 8.17. The first-order valence-electron chi connectivity index (χ1n) is 7.79. The minimum absolute atomic E-state index is 0.0485. The molecule has 2 amide bonds. The highest BCUT2D eigenvalue weighted by molar-refractivity contribution is 6.30. The predicted molar refractivity (Wildman–Crippen MR) is 90.3 cm³/mol. The number of hydrogen-bond acceptors (Lipinski definition) is 4. The summed E-state index contributed by atoms with van der Waals surface area (Å²) in [7, 11) is 0. The van der Waals surface area contributed by atoms with Crippen LogP contribution >= 0.6 is 11.6 Å². The van der Waals surface area contributed by atoms with Crippen molar-refractivity contribution >= 4 is 34.9 Å². The molecule has 1 aromatic heterocycles. The number of pyridine rings is 1. The Bertz CT molecular complexity index is 580. The van der Waals surface area contributed by atoms with E-state index in [1.54, 1.807) is 19.1 Å². The van der Waals surface area contributed by atoms with E-state index in [1.165, 1.54) is 12.6 Å². The normalized spacial score (nSPS) is 16.0. The first kappa shape index (κ1) is 17.4. The molecule has 124 valence electrons. The summed E-state index contributed by atoms with van der Waals surface area (Å²) >= 11 is 5.73. The Morgan fingerprint density at radius 2 is 2.04 bits per heavy atom. The fraction of sp³-hybridized carbons (Fsp3) is 0.500. The molecule has 7 heteroatoms. The van der Waals surface area contributed by atoms with Gasteiger partial charge < -0.3 is 5.32 Å². The topological polar surface area (TPSA) is 83.4 Å². The summed E-state index contributed by atoms with van der Waals surface area (Å²) in [6.45, 7) is 1.70. The number of carbonyl (C=O) groups excluding carboxylic acids is 2. The number of anilines is 1. The van der Waals surface area contributed by atoms with Crippen LogP contribution in [0.2, 0.25) is 5.02 Å². The van der Waals surface area contributed by atoms with Crippen LogP contribution in [0.25, 0.3) is 0 Å². The number of nitrogens with one attached hydrogen (secondary N) is 2. The van der Waals surface area contributed by atoms with Crippen LogP contribution in [0.15, 0.2) is 23.4 Å². The van der Waals surface area contributed by atoms with Gasteiger partial charge >= 0.3 is 0 Å². The highest BCUT2D eigenvalue weighted by atomic mass is 35.5. The summed E-state index contributed by atoms with van der Waals surface area (Å²) in [5, 5.41) is 7.16. The van der Waals surface area contributed by atoms with Gasteiger partial charge in [-0.3, -0.25) is 9.59 Å². The van der Waals surface area contributed by atoms with Crippen LogP contribution in [0.5, 0.6) is 0 Å². The second-order valence-corrected chi connectivity index (χ2v) is 6.18. The average Bonchev–Trinajstić information content (AvgIpc) is 2.55. The number of hydrogen-bond donors (Lipinski definition) is 2. The third-order valence-electron chi connectivity index (χ3n) is 3.74. The molecule has 2 rings (SSSR count). The molecule has 1 fully saturated rings. The van der Waals surface area contributed by atoms with Crippen LogP contribution in [0.1, 0.15) is 45.4 Å². The van der Waals surface area contributed by atoms with Gasteiger partial charge in [0.15, 0.2) is 0 Å². The van der Waals surface area contributed by atoms with E-state index in [4.69, 9.17) is 11.6 Å². The van der Waals surface area contributed by atoms with Gasteiger partial charge in [-0.15, -0.1) is 0 Å². The molecule has 6 nitrogen and oxygen atoms in total. The Morgan fingerprint density at radius 3 is 2.70 bits per heavy atom. The number of rotatable bonds is 5. The molecule has 0 unspecified atom stereocenters. The summed E-state index contributed by atoms with van der Waals surface area (Å²) in [5.74, 6) is 0.183. The minimum atomic E-state index is -0.243. The zero-order valence-electron chi connectivity index (χ0n) is 13.1. The summed E-state index contributed by atoms with van der Waals surface area (Å²) in [4.78, 5) is 27.8. The molecule has 0 saturated heterocycles. The zero-order valence-corrected chi connectivity index (χ0v) is 13.9. The molecule has 1 aliphatic rings. The van der Waals surface area contributed by atoms with Gasteiger partial charge in [-0.2, -0.15) is 5.10 Å². The molecule has 2 N–H and O–H groups in total. The van der Waals surface area contributed by atoms with Crippen molar-refractivity contribution in [1.29, 1.82) is 0 Å². The highest BCUT2D eigenvalue weighted by Gasteiger charge is 2.20. The minimum Gasteiger partial charge on any atom is -0.310 e. The van der Waals surface area contributed by atoms with E-state index in [1.807, 2.05) is 0 Å². The Balaban J connectivity index is 1.78. The molecule has 0 aliphatic heterocycles. The van der Waals surface area contributed by atoms with Crippen molar-refractivity contribution < 1.29 is 9.59 Å². The molecule has 1 heterocycles. The molecule has 23 heavy (non-hydrogen) atoms. The summed E-state index contributed by atoms with van der Waals surface area (Å²) in [6.07, 6.45) is 6.78. The van der Waals surface area contributed by atoms with E-state index in [0.29, 0.717) is 16.6 Å². The lowest BCUT2D eigenvalue weighted by Gasteiger charge is -2.19. The number of nitrogens with zero attached hydrogens (tertiary/aromatic N) is 2. The number of aromatic nitrogens is 1. The van der Waals surface area contributed by atoms with Gasteiger partial charge in [0, 0.05) is 17.8 Å². The summed E-state index contributed by atoms with van der Waals surface area (Å²) in [6, 6.07) is 3.27. The van der Waals surface area contributed by atoms with Crippen molar-refractivity contribution in [2.75, 3.05) is 5.32 Å². The van der Waals surface area contributed by atoms with Crippen LogP contribution in [0, 0.1) is 5.92 Å². The Kier molecular flexibility index (Phi) is 6.52. The second-order valence-electron chi connectivity index (χ2n) is 5.74. The lowest BCUT2D eigenvalue weighted by molar-refractivity contribution is -0.126. The van der Waals surface area contributed by atoms with Gasteiger partial charge in [-0.05, 0) is 31.9 Å². The van der Waals surface area contributed by atoms with E-state index < -0.39 is 0 Å². The molecular formula is C16H21ClN4O2. The van der Waals surface area contributed by atoms with Crippen molar-refractivity contribution in [3.8, 4) is 0 Å². The number of hydrazone groups is 1. The smallest absolute Gasteiger partial charge is 0.243 e. The zero-order chi connectivity index (χ0) is 16.7. The average molecular weight is 337 g/mol. The fourth-order valence-corrected chi connectivity index (χ4v) is 2.63. The SMILES string of the molecule is C/C(CC(=O)Nc1ccc(Cl)cn1)=N\NC(=O)C1CCCCC1. The molecule has 0 aromatic carbocycles. The monoisotopic (exact) mass is 336 g/mol.